The molecule has 0 N–H and O–H groups in total. The van der Waals surface area contributed by atoms with E-state index in [0.29, 0.717) is 18.8 Å². The summed E-state index contributed by atoms with van der Waals surface area (Å²) in [5.74, 6) is 0.504. The largest absolute Gasteiger partial charge is 0.338 e. The summed E-state index contributed by atoms with van der Waals surface area (Å²) in [7, 11) is 0. The molecule has 0 aliphatic rings. The van der Waals surface area contributed by atoms with Crippen LogP contribution in [0.25, 0.3) is 5.69 Å². The lowest BCUT2D eigenvalue weighted by atomic mass is 10.2. The molecule has 0 saturated heterocycles. The summed E-state index contributed by atoms with van der Waals surface area (Å²) in [5, 5.41) is 0.833. The second-order valence-corrected chi connectivity index (χ2v) is 7.04. The molecule has 0 spiro atoms. The van der Waals surface area contributed by atoms with E-state index in [-0.39, 0.29) is 5.91 Å². The SMILES string of the molecule is CCN(Cc1ccccc1)C(=O)CSc1nccn1-c1cccc(C)c1. The van der Waals surface area contributed by atoms with Gasteiger partial charge in [-0.15, -0.1) is 0 Å². The molecule has 0 atom stereocenters. The van der Waals surface area contributed by atoms with Gasteiger partial charge in [-0.25, -0.2) is 4.98 Å². The zero-order chi connectivity index (χ0) is 18.4. The predicted molar refractivity (Wildman–Crippen MR) is 107 cm³/mol. The summed E-state index contributed by atoms with van der Waals surface area (Å²) in [4.78, 5) is 18.9. The lowest BCUT2D eigenvalue weighted by Crippen LogP contribution is -2.31. The van der Waals surface area contributed by atoms with E-state index in [1.54, 1.807) is 6.20 Å². The maximum atomic E-state index is 12.6. The molecule has 5 heteroatoms. The molecule has 0 bridgehead atoms. The van der Waals surface area contributed by atoms with E-state index < -0.39 is 0 Å². The summed E-state index contributed by atoms with van der Waals surface area (Å²) in [6, 6.07) is 18.4. The lowest BCUT2D eigenvalue weighted by Gasteiger charge is -2.21. The van der Waals surface area contributed by atoms with Crippen molar-refractivity contribution in [2.45, 2.75) is 25.5 Å². The smallest absolute Gasteiger partial charge is 0.233 e. The molecule has 0 unspecified atom stereocenters. The molecule has 0 fully saturated rings. The minimum absolute atomic E-state index is 0.125. The molecule has 1 aromatic heterocycles. The van der Waals surface area contributed by atoms with Gasteiger partial charge in [0, 0.05) is 31.2 Å². The van der Waals surface area contributed by atoms with Crippen molar-refractivity contribution in [1.29, 1.82) is 0 Å². The Morgan fingerprint density at radius 2 is 1.96 bits per heavy atom. The summed E-state index contributed by atoms with van der Waals surface area (Å²) in [6.07, 6.45) is 3.71. The lowest BCUT2D eigenvalue weighted by molar-refractivity contribution is -0.128. The van der Waals surface area contributed by atoms with Crippen LogP contribution in [0.4, 0.5) is 0 Å². The van der Waals surface area contributed by atoms with E-state index in [9.17, 15) is 4.79 Å². The number of aromatic nitrogens is 2. The quantitative estimate of drug-likeness (QED) is 0.585. The molecule has 1 amide bonds. The maximum Gasteiger partial charge on any atom is 0.233 e. The minimum atomic E-state index is 0.125. The van der Waals surface area contributed by atoms with Crippen LogP contribution in [0.15, 0.2) is 72.1 Å². The first-order valence-electron chi connectivity index (χ1n) is 8.72. The van der Waals surface area contributed by atoms with Crippen LogP contribution in [0.2, 0.25) is 0 Å². The van der Waals surface area contributed by atoms with E-state index in [2.05, 4.69) is 24.0 Å². The number of benzene rings is 2. The van der Waals surface area contributed by atoms with Crippen LogP contribution in [0, 0.1) is 6.92 Å². The van der Waals surface area contributed by atoms with Gasteiger partial charge in [0.1, 0.15) is 0 Å². The minimum Gasteiger partial charge on any atom is -0.338 e. The number of hydrogen-bond donors (Lipinski definition) is 0. The molecule has 1 heterocycles. The van der Waals surface area contributed by atoms with Crippen molar-refractivity contribution >= 4 is 17.7 Å². The fourth-order valence-corrected chi connectivity index (χ4v) is 3.64. The molecule has 4 nitrogen and oxygen atoms in total. The Balaban J connectivity index is 1.65. The fourth-order valence-electron chi connectivity index (χ4n) is 2.77. The Bertz CT molecular complexity index is 860. The maximum absolute atomic E-state index is 12.6. The number of thioether (sulfide) groups is 1. The van der Waals surface area contributed by atoms with Gasteiger partial charge in [-0.05, 0) is 37.1 Å². The molecule has 0 radical (unpaired) electrons. The summed E-state index contributed by atoms with van der Waals surface area (Å²) in [5.41, 5.74) is 3.41. The Morgan fingerprint density at radius 1 is 1.15 bits per heavy atom. The van der Waals surface area contributed by atoms with Gasteiger partial charge in [0.15, 0.2) is 5.16 Å². The first-order chi connectivity index (χ1) is 12.7. The first-order valence-corrected chi connectivity index (χ1v) is 9.71. The normalized spacial score (nSPS) is 10.7. The number of imidazole rings is 1. The molecule has 3 rings (SSSR count). The van der Waals surface area contributed by atoms with E-state index >= 15 is 0 Å². The van der Waals surface area contributed by atoms with Gasteiger partial charge in [0.2, 0.25) is 5.91 Å². The van der Waals surface area contributed by atoms with E-state index in [4.69, 9.17) is 0 Å². The average molecular weight is 366 g/mol. The number of hydrogen-bond acceptors (Lipinski definition) is 3. The van der Waals surface area contributed by atoms with Gasteiger partial charge < -0.3 is 4.90 Å². The zero-order valence-electron chi connectivity index (χ0n) is 15.1. The van der Waals surface area contributed by atoms with Crippen LogP contribution in [-0.2, 0) is 11.3 Å². The molecule has 134 valence electrons. The van der Waals surface area contributed by atoms with E-state index in [1.165, 1.54) is 17.3 Å². The molecule has 0 aliphatic heterocycles. The highest BCUT2D eigenvalue weighted by molar-refractivity contribution is 7.99. The van der Waals surface area contributed by atoms with Gasteiger partial charge in [0.25, 0.3) is 0 Å². The van der Waals surface area contributed by atoms with Crippen LogP contribution >= 0.6 is 11.8 Å². The number of carbonyl (C=O) groups excluding carboxylic acids is 1. The Hall–Kier alpha value is -2.53. The van der Waals surface area contributed by atoms with Crippen molar-refractivity contribution < 1.29 is 4.79 Å². The highest BCUT2D eigenvalue weighted by atomic mass is 32.2. The number of aryl methyl sites for hydroxylation is 1. The standard InChI is InChI=1S/C21H23N3OS/c1-3-23(15-18-9-5-4-6-10-18)20(25)16-26-21-22-12-13-24(21)19-11-7-8-17(2)14-19/h4-14H,3,15-16H2,1-2H3. The fraction of sp³-hybridized carbons (Fsp3) is 0.238. The van der Waals surface area contributed by atoms with E-state index in [0.717, 1.165) is 16.4 Å². The third-order valence-corrected chi connectivity index (χ3v) is 5.11. The van der Waals surface area contributed by atoms with Crippen LogP contribution in [0.5, 0.6) is 0 Å². The molecule has 0 saturated carbocycles. The topological polar surface area (TPSA) is 38.1 Å². The van der Waals surface area contributed by atoms with Crippen molar-refractivity contribution in [3.8, 4) is 5.69 Å². The second kappa shape index (κ2) is 8.72. The van der Waals surface area contributed by atoms with Gasteiger partial charge in [-0.3, -0.25) is 9.36 Å². The van der Waals surface area contributed by atoms with Crippen molar-refractivity contribution in [3.05, 3.63) is 78.1 Å². The third kappa shape index (κ3) is 4.55. The number of nitrogens with zero attached hydrogens (tertiary/aromatic N) is 3. The average Bonchev–Trinajstić information content (AvgIpc) is 3.13. The van der Waals surface area contributed by atoms with E-state index in [1.807, 2.05) is 65.1 Å². The molecule has 3 aromatic rings. The Morgan fingerprint density at radius 3 is 2.69 bits per heavy atom. The van der Waals surface area contributed by atoms with Crippen LogP contribution < -0.4 is 0 Å². The highest BCUT2D eigenvalue weighted by Gasteiger charge is 2.15. The van der Waals surface area contributed by atoms with Crippen molar-refractivity contribution in [3.63, 3.8) is 0 Å². The van der Waals surface area contributed by atoms with Crippen LogP contribution in [0.1, 0.15) is 18.1 Å². The van der Waals surface area contributed by atoms with Crippen molar-refractivity contribution in [1.82, 2.24) is 14.5 Å². The third-order valence-electron chi connectivity index (χ3n) is 4.16. The van der Waals surface area contributed by atoms with Crippen LogP contribution in [0.3, 0.4) is 0 Å². The first kappa shape index (κ1) is 18.3. The molecule has 0 aliphatic carbocycles. The van der Waals surface area contributed by atoms with Gasteiger partial charge >= 0.3 is 0 Å². The zero-order valence-corrected chi connectivity index (χ0v) is 15.9. The predicted octanol–water partition coefficient (Wildman–Crippen LogP) is 4.32. The number of carbonyl (C=O) groups is 1. The van der Waals surface area contributed by atoms with Crippen molar-refractivity contribution in [2.24, 2.45) is 0 Å². The highest BCUT2D eigenvalue weighted by Crippen LogP contribution is 2.21. The summed E-state index contributed by atoms with van der Waals surface area (Å²) in [6.45, 7) is 5.42. The summed E-state index contributed by atoms with van der Waals surface area (Å²) < 4.78 is 2.03. The number of amides is 1. The molecular formula is C21H23N3OS. The molecular weight excluding hydrogens is 342 g/mol. The monoisotopic (exact) mass is 365 g/mol. The molecule has 26 heavy (non-hydrogen) atoms. The van der Waals surface area contributed by atoms with Gasteiger partial charge in [-0.2, -0.15) is 0 Å². The van der Waals surface area contributed by atoms with Crippen molar-refractivity contribution in [2.75, 3.05) is 12.3 Å². The van der Waals surface area contributed by atoms with Gasteiger partial charge in [0.05, 0.1) is 5.75 Å². The van der Waals surface area contributed by atoms with Gasteiger partial charge in [-0.1, -0.05) is 54.2 Å². The van der Waals surface area contributed by atoms with Crippen LogP contribution in [-0.4, -0.2) is 32.7 Å². The molecule has 2 aromatic carbocycles. The second-order valence-electron chi connectivity index (χ2n) is 6.10. The number of rotatable bonds is 7. The Kier molecular flexibility index (Phi) is 6.12. The Labute approximate surface area is 158 Å². The summed E-state index contributed by atoms with van der Waals surface area (Å²) >= 11 is 1.48.